The fraction of sp³-hybridized carbons (Fsp3) is 0.381. The predicted molar refractivity (Wildman–Crippen MR) is 115 cm³/mol. The number of aliphatic imine (C=N–C) groups is 1. The Bertz CT molecular complexity index is 763. The molecule has 0 saturated carbocycles. The van der Waals surface area contributed by atoms with Crippen molar-refractivity contribution in [2.75, 3.05) is 24.5 Å². The van der Waals surface area contributed by atoms with E-state index in [9.17, 15) is 5.11 Å². The number of hydrogen-bond acceptors (Lipinski definition) is 3. The van der Waals surface area contributed by atoms with Gasteiger partial charge in [0.05, 0.1) is 13.2 Å². The zero-order valence-electron chi connectivity index (χ0n) is 15.7. The molecule has 3 rings (SSSR count). The van der Waals surface area contributed by atoms with Gasteiger partial charge in [0.25, 0.3) is 0 Å². The standard InChI is InChI=1S/C21H27BrN4O/c1-2-23-21(24-13-16-5-3-4-6-17(16)15-27)25-19-11-12-26(14-19)20-9-7-18(22)8-10-20/h3-10,19,27H,2,11-15H2,1H3,(H2,23,24,25). The van der Waals surface area contributed by atoms with Crippen LogP contribution < -0.4 is 15.5 Å². The van der Waals surface area contributed by atoms with Crippen LogP contribution in [0.5, 0.6) is 0 Å². The van der Waals surface area contributed by atoms with Crippen LogP contribution in [0.25, 0.3) is 0 Å². The van der Waals surface area contributed by atoms with E-state index >= 15 is 0 Å². The number of aliphatic hydroxyl groups excluding tert-OH is 1. The fourth-order valence-corrected chi connectivity index (χ4v) is 3.57. The Kier molecular flexibility index (Phi) is 7.12. The molecule has 0 aliphatic carbocycles. The van der Waals surface area contributed by atoms with Crippen molar-refractivity contribution in [2.45, 2.75) is 32.5 Å². The molecule has 3 N–H and O–H groups in total. The van der Waals surface area contributed by atoms with E-state index in [0.29, 0.717) is 12.6 Å². The van der Waals surface area contributed by atoms with E-state index < -0.39 is 0 Å². The molecule has 1 unspecified atom stereocenters. The quantitative estimate of drug-likeness (QED) is 0.486. The molecular formula is C21H27BrN4O. The zero-order chi connectivity index (χ0) is 19.1. The van der Waals surface area contributed by atoms with E-state index in [1.165, 1.54) is 5.69 Å². The van der Waals surface area contributed by atoms with Crippen LogP contribution in [-0.4, -0.2) is 36.7 Å². The van der Waals surface area contributed by atoms with E-state index in [1.54, 1.807) is 0 Å². The molecule has 2 aromatic rings. The zero-order valence-corrected chi connectivity index (χ0v) is 17.2. The number of benzene rings is 2. The number of rotatable bonds is 6. The van der Waals surface area contributed by atoms with Gasteiger partial charge in [-0.1, -0.05) is 40.2 Å². The third kappa shape index (κ3) is 5.47. The average Bonchev–Trinajstić information content (AvgIpc) is 3.15. The van der Waals surface area contributed by atoms with Crippen LogP contribution in [0.4, 0.5) is 5.69 Å². The van der Waals surface area contributed by atoms with Crippen LogP contribution in [0, 0.1) is 0 Å². The van der Waals surface area contributed by atoms with Crippen LogP contribution in [0.1, 0.15) is 24.5 Å². The summed E-state index contributed by atoms with van der Waals surface area (Å²) in [5.74, 6) is 0.827. The van der Waals surface area contributed by atoms with Gasteiger partial charge in [-0.15, -0.1) is 0 Å². The molecule has 0 bridgehead atoms. The van der Waals surface area contributed by atoms with Crippen LogP contribution in [0.15, 0.2) is 58.0 Å². The number of halogens is 1. The fourth-order valence-electron chi connectivity index (χ4n) is 3.31. The third-order valence-corrected chi connectivity index (χ3v) is 5.29. The van der Waals surface area contributed by atoms with Gasteiger partial charge in [-0.05, 0) is 48.7 Å². The molecule has 1 saturated heterocycles. The summed E-state index contributed by atoms with van der Waals surface area (Å²) < 4.78 is 1.10. The second-order valence-corrected chi connectivity index (χ2v) is 7.59. The van der Waals surface area contributed by atoms with Crippen LogP contribution in [0.2, 0.25) is 0 Å². The lowest BCUT2D eigenvalue weighted by Crippen LogP contribution is -2.44. The summed E-state index contributed by atoms with van der Waals surface area (Å²) in [5.41, 5.74) is 3.24. The Balaban J connectivity index is 1.61. The summed E-state index contributed by atoms with van der Waals surface area (Å²) in [6.07, 6.45) is 1.08. The third-order valence-electron chi connectivity index (χ3n) is 4.76. The number of anilines is 1. The highest BCUT2D eigenvalue weighted by molar-refractivity contribution is 9.10. The summed E-state index contributed by atoms with van der Waals surface area (Å²) >= 11 is 3.49. The molecule has 5 nitrogen and oxygen atoms in total. The lowest BCUT2D eigenvalue weighted by Gasteiger charge is -2.20. The van der Waals surface area contributed by atoms with Crippen molar-refractivity contribution in [1.29, 1.82) is 0 Å². The first-order chi connectivity index (χ1) is 13.2. The summed E-state index contributed by atoms with van der Waals surface area (Å²) in [7, 11) is 0. The second kappa shape index (κ2) is 9.76. The summed E-state index contributed by atoms with van der Waals surface area (Å²) in [4.78, 5) is 7.12. The molecule has 144 valence electrons. The van der Waals surface area contributed by atoms with Gasteiger partial charge in [-0.25, -0.2) is 4.99 Å². The van der Waals surface area contributed by atoms with Gasteiger partial charge < -0.3 is 20.6 Å². The van der Waals surface area contributed by atoms with E-state index in [0.717, 1.165) is 47.6 Å². The van der Waals surface area contributed by atoms with Crippen molar-refractivity contribution in [3.8, 4) is 0 Å². The summed E-state index contributed by atoms with van der Waals surface area (Å²) in [6, 6.07) is 16.7. The molecule has 1 fully saturated rings. The molecule has 0 aromatic heterocycles. The molecule has 1 heterocycles. The molecule has 27 heavy (non-hydrogen) atoms. The van der Waals surface area contributed by atoms with E-state index in [1.807, 2.05) is 24.3 Å². The number of hydrogen-bond donors (Lipinski definition) is 3. The molecular weight excluding hydrogens is 404 g/mol. The lowest BCUT2D eigenvalue weighted by atomic mass is 10.1. The molecule has 0 radical (unpaired) electrons. The molecule has 6 heteroatoms. The van der Waals surface area contributed by atoms with Gasteiger partial charge in [-0.2, -0.15) is 0 Å². The number of aliphatic hydroxyl groups is 1. The van der Waals surface area contributed by atoms with Crippen LogP contribution in [-0.2, 0) is 13.2 Å². The highest BCUT2D eigenvalue weighted by Crippen LogP contribution is 2.22. The number of guanidine groups is 1. The normalized spacial score (nSPS) is 17.2. The Hall–Kier alpha value is -2.05. The van der Waals surface area contributed by atoms with Gasteiger partial charge in [-0.3, -0.25) is 0 Å². The lowest BCUT2D eigenvalue weighted by molar-refractivity contribution is 0.280. The maximum Gasteiger partial charge on any atom is 0.191 e. The van der Waals surface area contributed by atoms with E-state index in [4.69, 9.17) is 4.99 Å². The van der Waals surface area contributed by atoms with Gasteiger partial charge >= 0.3 is 0 Å². The first-order valence-electron chi connectivity index (χ1n) is 9.42. The number of nitrogens with one attached hydrogen (secondary N) is 2. The first-order valence-corrected chi connectivity index (χ1v) is 10.2. The average molecular weight is 431 g/mol. The molecule has 2 aromatic carbocycles. The SMILES string of the molecule is CCNC(=NCc1ccccc1CO)NC1CCN(c2ccc(Br)cc2)C1. The predicted octanol–water partition coefficient (Wildman–Crippen LogP) is 3.28. The molecule has 1 aliphatic heterocycles. The second-order valence-electron chi connectivity index (χ2n) is 6.67. The highest BCUT2D eigenvalue weighted by Gasteiger charge is 2.23. The minimum Gasteiger partial charge on any atom is -0.392 e. The van der Waals surface area contributed by atoms with Crippen molar-refractivity contribution in [3.63, 3.8) is 0 Å². The molecule has 1 atom stereocenters. The Morgan fingerprint density at radius 2 is 1.93 bits per heavy atom. The van der Waals surface area contributed by atoms with E-state index in [-0.39, 0.29) is 6.61 Å². The van der Waals surface area contributed by atoms with Crippen molar-refractivity contribution >= 4 is 27.6 Å². The smallest absolute Gasteiger partial charge is 0.191 e. The Morgan fingerprint density at radius 3 is 2.63 bits per heavy atom. The van der Waals surface area contributed by atoms with E-state index in [2.05, 4.69) is 62.7 Å². The molecule has 0 spiro atoms. The minimum atomic E-state index is 0.0421. The van der Waals surface area contributed by atoms with Gasteiger partial charge in [0.15, 0.2) is 5.96 Å². The maximum absolute atomic E-state index is 9.48. The van der Waals surface area contributed by atoms with Gasteiger partial charge in [0, 0.05) is 35.8 Å². The van der Waals surface area contributed by atoms with Crippen molar-refractivity contribution in [3.05, 3.63) is 64.1 Å². The Labute approximate surface area is 169 Å². The van der Waals surface area contributed by atoms with Crippen molar-refractivity contribution < 1.29 is 5.11 Å². The van der Waals surface area contributed by atoms with Crippen LogP contribution in [0.3, 0.4) is 0 Å². The minimum absolute atomic E-state index is 0.0421. The van der Waals surface area contributed by atoms with Gasteiger partial charge in [0.1, 0.15) is 0 Å². The summed E-state index contributed by atoms with van der Waals surface area (Å²) in [6.45, 7) is 5.47. The van der Waals surface area contributed by atoms with Gasteiger partial charge in [0.2, 0.25) is 0 Å². The van der Waals surface area contributed by atoms with Crippen molar-refractivity contribution in [2.24, 2.45) is 4.99 Å². The monoisotopic (exact) mass is 430 g/mol. The van der Waals surface area contributed by atoms with Crippen molar-refractivity contribution in [1.82, 2.24) is 10.6 Å². The highest BCUT2D eigenvalue weighted by atomic mass is 79.9. The topological polar surface area (TPSA) is 59.9 Å². The van der Waals surface area contributed by atoms with Crippen LogP contribution >= 0.6 is 15.9 Å². The first kappa shape index (κ1) is 19.7. The number of nitrogens with zero attached hydrogens (tertiary/aromatic N) is 2. The maximum atomic E-state index is 9.48. The largest absolute Gasteiger partial charge is 0.392 e. The molecule has 1 aliphatic rings. The molecule has 0 amide bonds. The Morgan fingerprint density at radius 1 is 1.19 bits per heavy atom. The summed E-state index contributed by atoms with van der Waals surface area (Å²) in [5, 5.41) is 16.4.